The fraction of sp³-hybridized carbons (Fsp3) is 0.316. The van der Waals surface area contributed by atoms with Crippen LogP contribution in [0.5, 0.6) is 5.75 Å². The van der Waals surface area contributed by atoms with Crippen LogP contribution < -0.4 is 4.74 Å². The molecule has 0 amide bonds. The second kappa shape index (κ2) is 6.53. The lowest BCUT2D eigenvalue weighted by Crippen LogP contribution is -2.00. The van der Waals surface area contributed by atoms with Crippen LogP contribution in [0.15, 0.2) is 24.5 Å². The van der Waals surface area contributed by atoms with E-state index in [0.29, 0.717) is 5.82 Å². The standard InChI is InChI=1S/C19H16F2N4OS/c20-11-6-7-14(13(21)8-11)26-9-16-23-18-17-12-4-2-1-3-5-15(12)27-19(17)22-10-25(18)24-16/h6-8,10H,1-5,9H2. The van der Waals surface area contributed by atoms with Gasteiger partial charge in [0.15, 0.2) is 23.0 Å². The van der Waals surface area contributed by atoms with Gasteiger partial charge in [0, 0.05) is 10.9 Å². The summed E-state index contributed by atoms with van der Waals surface area (Å²) in [6.07, 6.45) is 7.42. The molecule has 0 saturated carbocycles. The van der Waals surface area contributed by atoms with E-state index in [4.69, 9.17) is 4.74 Å². The second-order valence-electron chi connectivity index (χ2n) is 6.65. The van der Waals surface area contributed by atoms with E-state index in [9.17, 15) is 8.78 Å². The first kappa shape index (κ1) is 16.6. The van der Waals surface area contributed by atoms with Gasteiger partial charge in [-0.3, -0.25) is 0 Å². The summed E-state index contributed by atoms with van der Waals surface area (Å²) < 4.78 is 33.8. The van der Waals surface area contributed by atoms with Crippen LogP contribution in [0.3, 0.4) is 0 Å². The van der Waals surface area contributed by atoms with E-state index in [-0.39, 0.29) is 12.4 Å². The van der Waals surface area contributed by atoms with E-state index in [2.05, 4.69) is 15.1 Å². The Morgan fingerprint density at radius 2 is 2.04 bits per heavy atom. The van der Waals surface area contributed by atoms with Crippen LogP contribution >= 0.6 is 11.3 Å². The van der Waals surface area contributed by atoms with E-state index in [0.717, 1.165) is 40.8 Å². The molecule has 1 aliphatic carbocycles. The molecule has 5 rings (SSSR count). The molecule has 3 aromatic heterocycles. The summed E-state index contributed by atoms with van der Waals surface area (Å²) in [6.45, 7) is -0.00193. The van der Waals surface area contributed by atoms with E-state index >= 15 is 0 Å². The first-order valence-corrected chi connectivity index (χ1v) is 9.73. The highest BCUT2D eigenvalue weighted by atomic mass is 32.1. The van der Waals surface area contributed by atoms with Crippen molar-refractivity contribution in [1.82, 2.24) is 19.6 Å². The number of aryl methyl sites for hydroxylation is 2. The summed E-state index contributed by atoms with van der Waals surface area (Å²) in [5, 5.41) is 5.48. The van der Waals surface area contributed by atoms with Gasteiger partial charge in [-0.15, -0.1) is 16.4 Å². The van der Waals surface area contributed by atoms with Gasteiger partial charge in [-0.25, -0.2) is 23.3 Å². The third-order valence-electron chi connectivity index (χ3n) is 4.84. The van der Waals surface area contributed by atoms with Crippen molar-refractivity contribution in [3.8, 4) is 5.75 Å². The number of fused-ring (bicyclic) bond motifs is 5. The molecule has 0 fully saturated rings. The number of nitrogens with zero attached hydrogens (tertiary/aromatic N) is 4. The molecule has 1 aromatic carbocycles. The molecular formula is C19H16F2N4OS. The summed E-state index contributed by atoms with van der Waals surface area (Å²) in [5.41, 5.74) is 2.10. The van der Waals surface area contributed by atoms with Crippen LogP contribution in [0, 0.1) is 11.6 Å². The van der Waals surface area contributed by atoms with Gasteiger partial charge in [0.1, 0.15) is 23.6 Å². The highest BCUT2D eigenvalue weighted by Crippen LogP contribution is 2.36. The number of hydrogen-bond acceptors (Lipinski definition) is 5. The van der Waals surface area contributed by atoms with Crippen LogP contribution in [0.25, 0.3) is 15.9 Å². The summed E-state index contributed by atoms with van der Waals surface area (Å²) in [6, 6.07) is 3.21. The molecule has 1 aliphatic rings. The molecule has 0 N–H and O–H groups in total. The molecule has 138 valence electrons. The molecule has 0 atom stereocenters. The number of thiophene rings is 1. The lowest BCUT2D eigenvalue weighted by atomic mass is 10.1. The molecule has 0 bridgehead atoms. The fourth-order valence-corrected chi connectivity index (χ4v) is 4.79. The van der Waals surface area contributed by atoms with Crippen molar-refractivity contribution in [3.63, 3.8) is 0 Å². The van der Waals surface area contributed by atoms with Crippen molar-refractivity contribution in [2.45, 2.75) is 38.7 Å². The summed E-state index contributed by atoms with van der Waals surface area (Å²) in [5.74, 6) is -0.979. The monoisotopic (exact) mass is 386 g/mol. The van der Waals surface area contributed by atoms with E-state index in [1.54, 1.807) is 22.2 Å². The Morgan fingerprint density at radius 3 is 2.93 bits per heavy atom. The molecule has 3 heterocycles. The number of halogens is 2. The Hall–Kier alpha value is -2.61. The van der Waals surface area contributed by atoms with Crippen LogP contribution in [0.4, 0.5) is 8.78 Å². The topological polar surface area (TPSA) is 52.3 Å². The Kier molecular flexibility index (Phi) is 4.00. The summed E-state index contributed by atoms with van der Waals surface area (Å²) >= 11 is 1.74. The molecule has 0 spiro atoms. The van der Waals surface area contributed by atoms with Gasteiger partial charge in [0.2, 0.25) is 0 Å². The van der Waals surface area contributed by atoms with Gasteiger partial charge < -0.3 is 4.74 Å². The first-order chi connectivity index (χ1) is 13.2. The molecule has 0 aliphatic heterocycles. The maximum Gasteiger partial charge on any atom is 0.189 e. The van der Waals surface area contributed by atoms with Crippen molar-refractivity contribution >= 4 is 27.2 Å². The quantitative estimate of drug-likeness (QED) is 0.488. The molecular weight excluding hydrogens is 370 g/mol. The van der Waals surface area contributed by atoms with E-state index in [1.807, 2.05) is 0 Å². The average Bonchev–Trinajstić information content (AvgIpc) is 3.14. The molecule has 8 heteroatoms. The Labute approximate surface area is 157 Å². The lowest BCUT2D eigenvalue weighted by molar-refractivity contribution is 0.280. The van der Waals surface area contributed by atoms with E-state index in [1.165, 1.54) is 35.8 Å². The SMILES string of the molecule is Fc1ccc(OCc2nc3c4c5c(sc4ncn3n2)CCCCC5)c(F)c1. The number of ether oxygens (including phenoxy) is 1. The molecule has 5 nitrogen and oxygen atoms in total. The van der Waals surface area contributed by atoms with Crippen molar-refractivity contribution in [3.05, 3.63) is 52.4 Å². The molecule has 4 aromatic rings. The van der Waals surface area contributed by atoms with Gasteiger partial charge in [0.05, 0.1) is 5.39 Å². The van der Waals surface area contributed by atoms with Crippen molar-refractivity contribution in [2.75, 3.05) is 0 Å². The zero-order chi connectivity index (χ0) is 18.4. The van der Waals surface area contributed by atoms with Crippen LogP contribution in [-0.2, 0) is 19.4 Å². The summed E-state index contributed by atoms with van der Waals surface area (Å²) in [7, 11) is 0. The largest absolute Gasteiger partial charge is 0.482 e. The van der Waals surface area contributed by atoms with Crippen molar-refractivity contribution in [1.29, 1.82) is 0 Å². The van der Waals surface area contributed by atoms with Gasteiger partial charge >= 0.3 is 0 Å². The average molecular weight is 386 g/mol. The Bertz CT molecular complexity index is 1150. The third kappa shape index (κ3) is 2.93. The second-order valence-corrected chi connectivity index (χ2v) is 7.73. The maximum absolute atomic E-state index is 13.7. The van der Waals surface area contributed by atoms with Gasteiger partial charge in [0.25, 0.3) is 0 Å². The Balaban J connectivity index is 1.51. The summed E-state index contributed by atoms with van der Waals surface area (Å²) in [4.78, 5) is 11.5. The zero-order valence-corrected chi connectivity index (χ0v) is 15.2. The zero-order valence-electron chi connectivity index (χ0n) is 14.4. The van der Waals surface area contributed by atoms with Gasteiger partial charge in [-0.2, -0.15) is 0 Å². The van der Waals surface area contributed by atoms with Gasteiger partial charge in [-0.05, 0) is 43.4 Å². The molecule has 27 heavy (non-hydrogen) atoms. The maximum atomic E-state index is 13.7. The normalized spacial score (nSPS) is 14.4. The first-order valence-electron chi connectivity index (χ1n) is 8.91. The predicted octanol–water partition coefficient (Wildman–Crippen LogP) is 4.47. The van der Waals surface area contributed by atoms with Crippen LogP contribution in [0.1, 0.15) is 35.5 Å². The minimum Gasteiger partial charge on any atom is -0.482 e. The number of rotatable bonds is 3. The minimum atomic E-state index is -0.744. The highest BCUT2D eigenvalue weighted by molar-refractivity contribution is 7.19. The number of benzene rings is 1. The Morgan fingerprint density at radius 1 is 1.15 bits per heavy atom. The minimum absolute atomic E-state index is 0.00193. The van der Waals surface area contributed by atoms with Gasteiger partial charge in [-0.1, -0.05) is 6.42 Å². The molecule has 0 unspecified atom stereocenters. The lowest BCUT2D eigenvalue weighted by Gasteiger charge is -2.04. The third-order valence-corrected chi connectivity index (χ3v) is 6.04. The molecule has 0 radical (unpaired) electrons. The van der Waals surface area contributed by atoms with E-state index < -0.39 is 11.6 Å². The number of aromatic nitrogens is 4. The van der Waals surface area contributed by atoms with Crippen molar-refractivity contribution in [2.24, 2.45) is 0 Å². The number of hydrogen-bond donors (Lipinski definition) is 0. The van der Waals surface area contributed by atoms with Crippen LogP contribution in [-0.4, -0.2) is 19.6 Å². The fourth-order valence-electron chi connectivity index (χ4n) is 3.57. The van der Waals surface area contributed by atoms with Crippen LogP contribution in [0.2, 0.25) is 0 Å². The smallest absolute Gasteiger partial charge is 0.189 e. The molecule has 0 saturated heterocycles. The highest BCUT2D eigenvalue weighted by Gasteiger charge is 2.20. The predicted molar refractivity (Wildman–Crippen MR) is 98.1 cm³/mol. The van der Waals surface area contributed by atoms with Crippen molar-refractivity contribution < 1.29 is 13.5 Å².